The van der Waals surface area contributed by atoms with E-state index in [0.717, 1.165) is 25.7 Å². The molecular weight excluding hydrogens is 456 g/mol. The van der Waals surface area contributed by atoms with Crippen molar-refractivity contribution in [2.75, 3.05) is 0 Å². The Morgan fingerprint density at radius 3 is 1.56 bits per heavy atom. The Balaban J connectivity index is 2.32. The van der Waals surface area contributed by atoms with Crippen LogP contribution in [-0.2, 0) is 4.43 Å². The van der Waals surface area contributed by atoms with Gasteiger partial charge in [0.15, 0.2) is 0 Å². The number of hydrogen-bond donors (Lipinski definition) is 1. The molecule has 0 radical (unpaired) electrons. The Labute approximate surface area is 224 Å². The molecule has 3 heteroatoms. The predicted molar refractivity (Wildman–Crippen MR) is 160 cm³/mol. The third-order valence-electron chi connectivity index (χ3n) is 7.57. The van der Waals surface area contributed by atoms with E-state index in [1.807, 2.05) is 0 Å². The molecule has 36 heavy (non-hydrogen) atoms. The van der Waals surface area contributed by atoms with E-state index in [1.54, 1.807) is 0 Å². The Morgan fingerprint density at radius 2 is 1.11 bits per heavy atom. The minimum absolute atomic E-state index is 0.0404. The second-order valence-corrected chi connectivity index (χ2v) is 16.0. The summed E-state index contributed by atoms with van der Waals surface area (Å²) in [5.74, 6) is 0. The average molecular weight is 511 g/mol. The number of unbranched alkanes of at least 4 members (excludes halogenated alkanes) is 8. The van der Waals surface area contributed by atoms with Crippen LogP contribution in [0.4, 0.5) is 0 Å². The zero-order valence-electron chi connectivity index (χ0n) is 24.0. The number of rotatable bonds is 18. The van der Waals surface area contributed by atoms with Gasteiger partial charge in [-0.3, -0.25) is 0 Å². The second-order valence-electron chi connectivity index (χ2n) is 11.7. The molecule has 0 saturated heterocycles. The minimum Gasteiger partial charge on any atom is -0.404 e. The van der Waals surface area contributed by atoms with Gasteiger partial charge in [-0.1, -0.05) is 159 Å². The summed E-state index contributed by atoms with van der Waals surface area (Å²) < 4.78 is 7.48. The fourth-order valence-corrected chi connectivity index (χ4v) is 10.3. The van der Waals surface area contributed by atoms with E-state index >= 15 is 0 Å². The molecule has 1 N–H and O–H groups in total. The Hall–Kier alpha value is -1.42. The van der Waals surface area contributed by atoms with Crippen molar-refractivity contribution < 1.29 is 9.53 Å². The quantitative estimate of drug-likeness (QED) is 0.161. The minimum atomic E-state index is -2.61. The van der Waals surface area contributed by atoms with Crippen molar-refractivity contribution in [2.45, 2.75) is 135 Å². The molecule has 0 aliphatic heterocycles. The smallest absolute Gasteiger partial charge is 0.261 e. The summed E-state index contributed by atoms with van der Waals surface area (Å²) in [7, 11) is -2.61. The molecule has 202 valence electrons. The number of aliphatic hydroxyl groups is 1. The van der Waals surface area contributed by atoms with Crippen LogP contribution in [0.25, 0.3) is 0 Å². The lowest BCUT2D eigenvalue weighted by atomic mass is 10.0. The van der Waals surface area contributed by atoms with Gasteiger partial charge in [-0.15, -0.1) is 0 Å². The monoisotopic (exact) mass is 510 g/mol. The van der Waals surface area contributed by atoms with Crippen molar-refractivity contribution in [3.63, 3.8) is 0 Å². The van der Waals surface area contributed by atoms with Gasteiger partial charge in [0, 0.05) is 6.10 Å². The van der Waals surface area contributed by atoms with Gasteiger partial charge in [0.05, 0.1) is 6.10 Å². The van der Waals surface area contributed by atoms with E-state index < -0.39 is 8.32 Å². The molecule has 2 atom stereocenters. The summed E-state index contributed by atoms with van der Waals surface area (Å²) in [4.78, 5) is 0. The van der Waals surface area contributed by atoms with E-state index in [0.29, 0.717) is 0 Å². The van der Waals surface area contributed by atoms with Crippen LogP contribution in [0.3, 0.4) is 0 Å². The van der Waals surface area contributed by atoms with Gasteiger partial charge in [-0.2, -0.15) is 0 Å². The van der Waals surface area contributed by atoms with Crippen LogP contribution in [-0.4, -0.2) is 25.6 Å². The molecule has 0 spiro atoms. The first-order chi connectivity index (χ1) is 17.3. The molecule has 0 saturated carbocycles. The summed E-state index contributed by atoms with van der Waals surface area (Å²) in [6.07, 6.45) is 14.9. The lowest BCUT2D eigenvalue weighted by molar-refractivity contribution is 0.0759. The van der Waals surface area contributed by atoms with E-state index in [-0.39, 0.29) is 17.2 Å². The fourth-order valence-electron chi connectivity index (χ4n) is 5.55. The van der Waals surface area contributed by atoms with Crippen LogP contribution in [0.5, 0.6) is 0 Å². The van der Waals surface area contributed by atoms with Gasteiger partial charge in [0.2, 0.25) is 0 Å². The van der Waals surface area contributed by atoms with Crippen molar-refractivity contribution >= 4 is 18.7 Å². The Morgan fingerprint density at radius 1 is 0.667 bits per heavy atom. The zero-order chi connectivity index (χ0) is 26.3. The highest BCUT2D eigenvalue weighted by atomic mass is 28.4. The lowest BCUT2D eigenvalue weighted by Gasteiger charge is -2.45. The molecule has 0 amide bonds. The maximum atomic E-state index is 11.1. The maximum absolute atomic E-state index is 11.1. The molecule has 2 aromatic carbocycles. The first-order valence-corrected chi connectivity index (χ1v) is 16.7. The largest absolute Gasteiger partial charge is 0.404 e. The Kier molecular flexibility index (Phi) is 14.1. The summed E-state index contributed by atoms with van der Waals surface area (Å²) in [6, 6.07) is 21.9. The molecule has 0 aliphatic rings. The van der Waals surface area contributed by atoms with Crippen molar-refractivity contribution in [3.8, 4) is 0 Å². The third-order valence-corrected chi connectivity index (χ3v) is 12.7. The van der Waals surface area contributed by atoms with Crippen LogP contribution in [0.2, 0.25) is 5.04 Å². The SMILES string of the molecule is CCCCCCC[C@H](O)C[C@@H](CCCCCCC)O[Si](c1ccccc1)(c1ccccc1)C(C)(C)C. The van der Waals surface area contributed by atoms with Crippen molar-refractivity contribution in [1.29, 1.82) is 0 Å². The molecule has 2 aromatic rings. The van der Waals surface area contributed by atoms with E-state index in [1.165, 1.54) is 68.2 Å². The van der Waals surface area contributed by atoms with Gasteiger partial charge in [0.1, 0.15) is 0 Å². The normalized spacial score (nSPS) is 14.1. The van der Waals surface area contributed by atoms with E-state index in [2.05, 4.69) is 95.3 Å². The summed E-state index contributed by atoms with van der Waals surface area (Å²) in [6.45, 7) is 11.6. The maximum Gasteiger partial charge on any atom is 0.261 e. The molecule has 2 rings (SSSR count). The first-order valence-electron chi connectivity index (χ1n) is 14.8. The highest BCUT2D eigenvalue weighted by Gasteiger charge is 2.51. The molecule has 2 nitrogen and oxygen atoms in total. The molecule has 0 unspecified atom stereocenters. The summed E-state index contributed by atoms with van der Waals surface area (Å²) in [5.41, 5.74) is 0. The summed E-state index contributed by atoms with van der Waals surface area (Å²) >= 11 is 0. The van der Waals surface area contributed by atoms with Crippen molar-refractivity contribution in [1.82, 2.24) is 0 Å². The molecule has 0 aliphatic carbocycles. The summed E-state index contributed by atoms with van der Waals surface area (Å²) in [5, 5.41) is 13.7. The third kappa shape index (κ3) is 9.47. The van der Waals surface area contributed by atoms with Gasteiger partial charge in [-0.05, 0) is 34.7 Å². The molecule has 0 bridgehead atoms. The highest BCUT2D eigenvalue weighted by Crippen LogP contribution is 2.38. The van der Waals surface area contributed by atoms with Gasteiger partial charge >= 0.3 is 0 Å². The first kappa shape index (κ1) is 30.8. The molecule has 0 aromatic heterocycles. The van der Waals surface area contributed by atoms with Gasteiger partial charge < -0.3 is 9.53 Å². The van der Waals surface area contributed by atoms with Crippen LogP contribution in [0.1, 0.15) is 118 Å². The van der Waals surface area contributed by atoms with Gasteiger partial charge in [-0.25, -0.2) is 0 Å². The van der Waals surface area contributed by atoms with E-state index in [4.69, 9.17) is 4.43 Å². The molecular formula is C33H54O2Si. The van der Waals surface area contributed by atoms with Gasteiger partial charge in [0.25, 0.3) is 8.32 Å². The Bertz CT molecular complexity index is 760. The zero-order valence-corrected chi connectivity index (χ0v) is 25.0. The fraction of sp³-hybridized carbons (Fsp3) is 0.636. The highest BCUT2D eigenvalue weighted by molar-refractivity contribution is 6.99. The van der Waals surface area contributed by atoms with Crippen molar-refractivity contribution in [2.24, 2.45) is 0 Å². The lowest BCUT2D eigenvalue weighted by Crippen LogP contribution is -2.67. The standard InChI is InChI=1S/C33H54O2Si/c1-6-8-10-12-16-22-29(34)28-30(23-17-13-11-9-7-2)35-36(33(3,4)5,31-24-18-14-19-25-31)32-26-20-15-21-27-32/h14-15,18-21,24-27,29-30,34H,6-13,16-17,22-23,28H2,1-5H3/t29-,30+/m0/s1. The van der Waals surface area contributed by atoms with Crippen LogP contribution in [0, 0.1) is 0 Å². The van der Waals surface area contributed by atoms with Crippen LogP contribution >= 0.6 is 0 Å². The van der Waals surface area contributed by atoms with Crippen LogP contribution in [0.15, 0.2) is 60.7 Å². The average Bonchev–Trinajstić information content (AvgIpc) is 2.87. The topological polar surface area (TPSA) is 29.5 Å². The van der Waals surface area contributed by atoms with Crippen molar-refractivity contribution in [3.05, 3.63) is 60.7 Å². The molecule has 0 fully saturated rings. The number of hydrogen-bond acceptors (Lipinski definition) is 2. The van der Waals surface area contributed by atoms with E-state index in [9.17, 15) is 5.11 Å². The van der Waals surface area contributed by atoms with Crippen LogP contribution < -0.4 is 10.4 Å². The molecule has 0 heterocycles. The number of aliphatic hydroxyl groups excluding tert-OH is 1. The predicted octanol–water partition coefficient (Wildman–Crippen LogP) is 8.40. The number of benzene rings is 2. The second kappa shape index (κ2) is 16.4.